The van der Waals surface area contributed by atoms with Crippen molar-refractivity contribution in [1.29, 1.82) is 0 Å². The smallest absolute Gasteiger partial charge is 0.273 e. The van der Waals surface area contributed by atoms with E-state index in [0.717, 1.165) is 38.9 Å². The van der Waals surface area contributed by atoms with Gasteiger partial charge < -0.3 is 9.64 Å². The highest BCUT2D eigenvalue weighted by molar-refractivity contribution is 6.06. The van der Waals surface area contributed by atoms with E-state index in [9.17, 15) is 4.79 Å². The second-order valence-corrected chi connectivity index (χ2v) is 7.21. The molecule has 0 radical (unpaired) electrons. The van der Waals surface area contributed by atoms with Gasteiger partial charge in [-0.15, -0.1) is 0 Å². The minimum absolute atomic E-state index is 0.0150. The molecule has 1 aliphatic heterocycles. The summed E-state index contributed by atoms with van der Waals surface area (Å²) in [5, 5.41) is 1.00. The van der Waals surface area contributed by atoms with Crippen LogP contribution < -0.4 is 4.74 Å². The number of carbonyl (C=O) groups is 1. The van der Waals surface area contributed by atoms with Crippen molar-refractivity contribution in [3.8, 4) is 16.9 Å². The zero-order valence-corrected chi connectivity index (χ0v) is 16.1. The lowest BCUT2D eigenvalue weighted by Gasteiger charge is -2.16. The van der Waals surface area contributed by atoms with Crippen molar-refractivity contribution < 1.29 is 9.53 Å². The molecule has 1 aliphatic rings. The van der Waals surface area contributed by atoms with Gasteiger partial charge in [0.05, 0.1) is 12.6 Å². The Balaban J connectivity index is 1.68. The number of fused-ring (bicyclic) bond motifs is 2. The number of methoxy groups -OCH3 is 1. The fourth-order valence-electron chi connectivity index (χ4n) is 4.02. The number of hydrogen-bond acceptors (Lipinski definition) is 3. The number of pyridine rings is 1. The highest BCUT2D eigenvalue weighted by atomic mass is 16.5. The number of nitrogens with zero attached hydrogens (tertiary/aromatic N) is 2. The van der Waals surface area contributed by atoms with Crippen LogP contribution in [-0.4, -0.2) is 22.9 Å². The molecular formula is C25H20N2O2. The summed E-state index contributed by atoms with van der Waals surface area (Å²) < 4.78 is 5.45. The third-order valence-corrected chi connectivity index (χ3v) is 5.41. The Bertz CT molecular complexity index is 1200. The van der Waals surface area contributed by atoms with Crippen molar-refractivity contribution in [3.63, 3.8) is 0 Å². The highest BCUT2D eigenvalue weighted by Gasteiger charge is 2.32. The Labute approximate surface area is 169 Å². The quantitative estimate of drug-likeness (QED) is 0.497. The zero-order valence-electron chi connectivity index (χ0n) is 16.1. The van der Waals surface area contributed by atoms with Gasteiger partial charge in [-0.1, -0.05) is 60.7 Å². The van der Waals surface area contributed by atoms with Crippen LogP contribution >= 0.6 is 0 Å². The molecule has 2 heterocycles. The molecule has 0 fully saturated rings. The normalized spacial score (nSPS) is 13.0. The molecule has 1 aromatic heterocycles. The summed E-state index contributed by atoms with van der Waals surface area (Å²) in [5.41, 5.74) is 5.60. The van der Waals surface area contributed by atoms with E-state index in [1.165, 1.54) is 0 Å². The summed E-state index contributed by atoms with van der Waals surface area (Å²) in [5.74, 6) is 0.764. The van der Waals surface area contributed by atoms with E-state index >= 15 is 0 Å². The first kappa shape index (κ1) is 17.4. The molecule has 4 nitrogen and oxygen atoms in total. The van der Waals surface area contributed by atoms with Gasteiger partial charge in [0.1, 0.15) is 11.4 Å². The first-order chi connectivity index (χ1) is 14.2. The molecule has 1 amide bonds. The van der Waals surface area contributed by atoms with Crippen molar-refractivity contribution in [3.05, 3.63) is 95.7 Å². The summed E-state index contributed by atoms with van der Waals surface area (Å²) in [6.07, 6.45) is 0. The maximum absolute atomic E-state index is 13.2. The fourth-order valence-corrected chi connectivity index (χ4v) is 4.02. The summed E-state index contributed by atoms with van der Waals surface area (Å²) in [6.45, 7) is 1.12. The molecule has 0 bridgehead atoms. The van der Waals surface area contributed by atoms with Gasteiger partial charge in [0.15, 0.2) is 0 Å². The van der Waals surface area contributed by atoms with E-state index in [4.69, 9.17) is 9.72 Å². The Morgan fingerprint density at radius 2 is 1.69 bits per heavy atom. The van der Waals surface area contributed by atoms with Crippen molar-refractivity contribution in [2.24, 2.45) is 0 Å². The average molecular weight is 380 g/mol. The Kier molecular flexibility index (Phi) is 4.24. The molecule has 5 rings (SSSR count). The zero-order chi connectivity index (χ0) is 19.8. The van der Waals surface area contributed by atoms with Gasteiger partial charge in [-0.05, 0) is 34.9 Å². The Morgan fingerprint density at radius 1 is 0.966 bits per heavy atom. The minimum Gasteiger partial charge on any atom is -0.497 e. The van der Waals surface area contributed by atoms with Gasteiger partial charge in [0.25, 0.3) is 5.91 Å². The molecule has 3 aromatic carbocycles. The van der Waals surface area contributed by atoms with Gasteiger partial charge in [-0.2, -0.15) is 0 Å². The van der Waals surface area contributed by atoms with E-state index in [-0.39, 0.29) is 5.91 Å². The van der Waals surface area contributed by atoms with Crippen LogP contribution in [0.15, 0.2) is 78.9 Å². The molecule has 0 N–H and O–H groups in total. The first-order valence-corrected chi connectivity index (χ1v) is 9.64. The van der Waals surface area contributed by atoms with Crippen LogP contribution in [0.1, 0.15) is 21.6 Å². The van der Waals surface area contributed by atoms with Crippen molar-refractivity contribution in [2.75, 3.05) is 7.11 Å². The molecule has 4 aromatic rings. The van der Waals surface area contributed by atoms with Crippen LogP contribution in [0.4, 0.5) is 0 Å². The number of carbonyl (C=O) groups excluding carboxylic acids is 1. The fraction of sp³-hybridized carbons (Fsp3) is 0.120. The summed E-state index contributed by atoms with van der Waals surface area (Å²) in [6, 6.07) is 26.1. The molecule has 142 valence electrons. The van der Waals surface area contributed by atoms with E-state index in [1.807, 2.05) is 71.6 Å². The van der Waals surface area contributed by atoms with Crippen LogP contribution in [0, 0.1) is 0 Å². The van der Waals surface area contributed by atoms with E-state index in [1.54, 1.807) is 7.11 Å². The van der Waals surface area contributed by atoms with Crippen LogP contribution in [0.2, 0.25) is 0 Å². The predicted octanol–water partition coefficient (Wildman–Crippen LogP) is 5.07. The minimum atomic E-state index is -0.0150. The van der Waals surface area contributed by atoms with Crippen LogP contribution in [0.5, 0.6) is 5.75 Å². The first-order valence-electron chi connectivity index (χ1n) is 9.64. The lowest BCUT2D eigenvalue weighted by Crippen LogP contribution is -2.23. The number of hydrogen-bond donors (Lipinski definition) is 0. The molecule has 0 saturated heterocycles. The molecule has 0 atom stereocenters. The van der Waals surface area contributed by atoms with Gasteiger partial charge in [0, 0.05) is 24.0 Å². The van der Waals surface area contributed by atoms with Gasteiger partial charge in [0.2, 0.25) is 0 Å². The average Bonchev–Trinajstić information content (AvgIpc) is 3.08. The molecule has 0 aliphatic carbocycles. The van der Waals surface area contributed by atoms with Gasteiger partial charge in [-0.3, -0.25) is 4.79 Å². The molecule has 0 unspecified atom stereocenters. The van der Waals surface area contributed by atoms with E-state index < -0.39 is 0 Å². The third-order valence-electron chi connectivity index (χ3n) is 5.41. The summed E-state index contributed by atoms with van der Waals surface area (Å²) in [7, 11) is 1.66. The second kappa shape index (κ2) is 7.06. The summed E-state index contributed by atoms with van der Waals surface area (Å²) >= 11 is 0. The molecular weight excluding hydrogens is 360 g/mol. The number of aromatic nitrogens is 1. The van der Waals surface area contributed by atoms with Crippen LogP contribution in [-0.2, 0) is 13.1 Å². The van der Waals surface area contributed by atoms with E-state index in [0.29, 0.717) is 18.8 Å². The maximum Gasteiger partial charge on any atom is 0.273 e. The van der Waals surface area contributed by atoms with Crippen molar-refractivity contribution >= 4 is 16.8 Å². The molecule has 4 heteroatoms. The van der Waals surface area contributed by atoms with Crippen molar-refractivity contribution in [1.82, 2.24) is 9.88 Å². The lowest BCUT2D eigenvalue weighted by molar-refractivity contribution is 0.0762. The maximum atomic E-state index is 13.2. The highest BCUT2D eigenvalue weighted by Crippen LogP contribution is 2.38. The predicted molar refractivity (Wildman–Crippen MR) is 114 cm³/mol. The van der Waals surface area contributed by atoms with Crippen LogP contribution in [0.25, 0.3) is 22.0 Å². The number of ether oxygens (including phenoxy) is 1. The third kappa shape index (κ3) is 3.03. The molecule has 0 saturated carbocycles. The van der Waals surface area contributed by atoms with Crippen molar-refractivity contribution in [2.45, 2.75) is 13.1 Å². The standard InChI is InChI=1S/C25H20N2O2/c1-29-19-12-13-22-20(14-19)23(18-10-6-3-7-11-18)21-16-27(25(28)24(21)26-22)15-17-8-4-2-5-9-17/h2-14H,15-16H2,1H3. The number of benzene rings is 3. The van der Waals surface area contributed by atoms with E-state index in [2.05, 4.69) is 12.1 Å². The number of rotatable bonds is 4. The SMILES string of the molecule is COc1ccc2nc3c(c(-c4ccccc4)c2c1)CN(Cc1ccccc1)C3=O. The second-order valence-electron chi connectivity index (χ2n) is 7.21. The van der Waals surface area contributed by atoms with Crippen LogP contribution in [0.3, 0.4) is 0 Å². The monoisotopic (exact) mass is 380 g/mol. The lowest BCUT2D eigenvalue weighted by atomic mass is 9.95. The van der Waals surface area contributed by atoms with Gasteiger partial charge in [-0.25, -0.2) is 4.98 Å². The summed E-state index contributed by atoms with van der Waals surface area (Å²) in [4.78, 5) is 19.8. The number of amides is 1. The molecule has 29 heavy (non-hydrogen) atoms. The topological polar surface area (TPSA) is 42.4 Å². The Hall–Kier alpha value is -3.66. The molecule has 0 spiro atoms. The Morgan fingerprint density at radius 3 is 2.41 bits per heavy atom. The largest absolute Gasteiger partial charge is 0.497 e. The van der Waals surface area contributed by atoms with Gasteiger partial charge >= 0.3 is 0 Å².